The molecule has 2 aromatic carbocycles. The third-order valence-corrected chi connectivity index (χ3v) is 14.4. The SMILES string of the molecule is Cn1nc(C2CCC(=O)NC2=O)c2cccc(N3CCC(CN4CCN(c5ncc(Cl)c(Nc6ccc7c(c6)c6c(c(=O)n7C)OCC(F)(F)C(C7CC7)N6)n5)CC4C(C)(C)O)CC3)c21. The zero-order valence-corrected chi connectivity index (χ0v) is 37.7. The molecule has 0 spiro atoms. The van der Waals surface area contributed by atoms with Gasteiger partial charge in [-0.25, -0.2) is 13.8 Å². The molecule has 3 aromatic heterocycles. The van der Waals surface area contributed by atoms with Crippen LogP contribution in [-0.4, -0.2) is 116 Å². The van der Waals surface area contributed by atoms with Crippen molar-refractivity contribution in [3.05, 3.63) is 63.7 Å². The normalized spacial score (nSPS) is 23.2. The number of aliphatic hydroxyl groups is 1. The fourth-order valence-corrected chi connectivity index (χ4v) is 10.5. The van der Waals surface area contributed by atoms with E-state index in [4.69, 9.17) is 26.4 Å². The minimum absolute atomic E-state index is 0.129. The van der Waals surface area contributed by atoms with Crippen LogP contribution in [0.4, 0.5) is 37.6 Å². The van der Waals surface area contributed by atoms with Crippen LogP contribution in [0, 0.1) is 11.8 Å². The minimum Gasteiger partial charge on any atom is -0.480 e. The maximum atomic E-state index is 15.2. The van der Waals surface area contributed by atoms with Crippen molar-refractivity contribution >= 4 is 74.0 Å². The molecular formula is C46H54ClF2N11O5. The summed E-state index contributed by atoms with van der Waals surface area (Å²) >= 11 is 6.69. The summed E-state index contributed by atoms with van der Waals surface area (Å²) in [7, 11) is 3.50. The van der Waals surface area contributed by atoms with E-state index in [-0.39, 0.29) is 40.2 Å². The summed E-state index contributed by atoms with van der Waals surface area (Å²) in [4.78, 5) is 54.3. The fraction of sp³-hybridized carbons (Fsp3) is 0.522. The topological polar surface area (TPSA) is 175 Å². The maximum Gasteiger partial charge on any atom is 0.301 e. The van der Waals surface area contributed by atoms with E-state index in [1.165, 1.54) is 4.57 Å². The van der Waals surface area contributed by atoms with Crippen LogP contribution in [0.3, 0.4) is 0 Å². The molecule has 10 rings (SSSR count). The zero-order chi connectivity index (χ0) is 45.5. The highest BCUT2D eigenvalue weighted by Crippen LogP contribution is 2.46. The lowest BCUT2D eigenvalue weighted by Crippen LogP contribution is -2.62. The van der Waals surface area contributed by atoms with Gasteiger partial charge in [0.25, 0.3) is 5.56 Å². The number of anilines is 5. The van der Waals surface area contributed by atoms with Gasteiger partial charge in [-0.05, 0) is 82.1 Å². The van der Waals surface area contributed by atoms with Gasteiger partial charge >= 0.3 is 5.92 Å². The van der Waals surface area contributed by atoms with Gasteiger partial charge in [-0.2, -0.15) is 10.1 Å². The first kappa shape index (κ1) is 43.3. The number of fused-ring (bicyclic) bond motifs is 4. The fourth-order valence-electron chi connectivity index (χ4n) is 10.4. The molecule has 3 saturated heterocycles. The number of piperidine rings is 2. The number of aromatic nitrogens is 5. The first-order chi connectivity index (χ1) is 31.0. The lowest BCUT2D eigenvalue weighted by Gasteiger charge is -2.48. The number of para-hydroxylation sites is 1. The number of carbonyl (C=O) groups excluding carboxylic acids is 2. The van der Waals surface area contributed by atoms with E-state index in [9.17, 15) is 19.5 Å². The van der Waals surface area contributed by atoms with E-state index < -0.39 is 35.6 Å². The molecule has 16 nitrogen and oxygen atoms in total. The van der Waals surface area contributed by atoms with Crippen LogP contribution in [-0.2, 0) is 23.7 Å². The Labute approximate surface area is 379 Å². The molecule has 5 aliphatic rings. The number of benzene rings is 2. The zero-order valence-electron chi connectivity index (χ0n) is 36.9. The van der Waals surface area contributed by atoms with Gasteiger partial charge in [-0.3, -0.25) is 29.3 Å². The quantitative estimate of drug-likeness (QED) is 0.136. The number of amides is 2. The van der Waals surface area contributed by atoms with Crippen molar-refractivity contribution in [2.75, 3.05) is 66.3 Å². The van der Waals surface area contributed by atoms with Crippen LogP contribution < -0.4 is 36.0 Å². The summed E-state index contributed by atoms with van der Waals surface area (Å²) in [6.07, 6.45) is 5.58. The van der Waals surface area contributed by atoms with Crippen molar-refractivity contribution in [2.45, 2.75) is 81.9 Å². The number of pyridine rings is 1. The van der Waals surface area contributed by atoms with Crippen LogP contribution in [0.1, 0.15) is 64.0 Å². The Kier molecular flexibility index (Phi) is 10.9. The number of rotatable bonds is 9. The Morgan fingerprint density at radius 3 is 2.52 bits per heavy atom. The van der Waals surface area contributed by atoms with Crippen molar-refractivity contribution in [1.29, 1.82) is 0 Å². The Balaban J connectivity index is 0.826. The number of aryl methyl sites for hydroxylation is 2. The second-order valence-electron chi connectivity index (χ2n) is 19.0. The molecule has 0 bridgehead atoms. The van der Waals surface area contributed by atoms with Crippen molar-refractivity contribution in [3.8, 4) is 5.75 Å². The largest absolute Gasteiger partial charge is 0.480 e. The molecule has 344 valence electrons. The highest BCUT2D eigenvalue weighted by atomic mass is 35.5. The van der Waals surface area contributed by atoms with Crippen molar-refractivity contribution in [3.63, 3.8) is 0 Å². The van der Waals surface area contributed by atoms with E-state index in [1.54, 1.807) is 31.4 Å². The first-order valence-corrected chi connectivity index (χ1v) is 22.9. The summed E-state index contributed by atoms with van der Waals surface area (Å²) in [6.45, 7) is 7.13. The highest BCUT2D eigenvalue weighted by Gasteiger charge is 2.51. The van der Waals surface area contributed by atoms with E-state index in [0.29, 0.717) is 85.3 Å². The van der Waals surface area contributed by atoms with Gasteiger partial charge in [-0.15, -0.1) is 0 Å². The molecule has 65 heavy (non-hydrogen) atoms. The number of imide groups is 1. The predicted molar refractivity (Wildman–Crippen MR) is 245 cm³/mol. The summed E-state index contributed by atoms with van der Waals surface area (Å²) in [5.41, 5.74) is 2.62. The average Bonchev–Trinajstić information content (AvgIpc) is 4.08. The Morgan fingerprint density at radius 1 is 1.00 bits per heavy atom. The number of carbonyl (C=O) groups is 2. The van der Waals surface area contributed by atoms with Gasteiger partial charge in [0.1, 0.15) is 5.02 Å². The van der Waals surface area contributed by atoms with Crippen LogP contribution in [0.25, 0.3) is 21.8 Å². The van der Waals surface area contributed by atoms with Crippen LogP contribution in [0.2, 0.25) is 5.02 Å². The first-order valence-electron chi connectivity index (χ1n) is 22.5. The number of halogens is 3. The second-order valence-corrected chi connectivity index (χ2v) is 19.4. The summed E-state index contributed by atoms with van der Waals surface area (Å²) in [5.74, 6) is -3.28. The van der Waals surface area contributed by atoms with Gasteiger partial charge in [0.05, 0.1) is 57.9 Å². The van der Waals surface area contributed by atoms with Crippen LogP contribution in [0.5, 0.6) is 5.75 Å². The van der Waals surface area contributed by atoms with E-state index in [1.807, 2.05) is 37.7 Å². The van der Waals surface area contributed by atoms with Crippen LogP contribution >= 0.6 is 11.6 Å². The summed E-state index contributed by atoms with van der Waals surface area (Å²) in [6, 6.07) is 10.1. The molecule has 4 fully saturated rings. The number of hydrogen-bond donors (Lipinski definition) is 4. The molecule has 19 heteroatoms. The molecule has 0 radical (unpaired) electrons. The molecule has 3 unspecified atom stereocenters. The van der Waals surface area contributed by atoms with Gasteiger partial charge in [0.15, 0.2) is 12.4 Å². The van der Waals surface area contributed by atoms with Crippen molar-refractivity contribution in [2.24, 2.45) is 25.9 Å². The van der Waals surface area contributed by atoms with E-state index in [2.05, 4.69) is 41.7 Å². The van der Waals surface area contributed by atoms with Crippen molar-refractivity contribution in [1.82, 2.24) is 34.5 Å². The van der Waals surface area contributed by atoms with Gasteiger partial charge in [-0.1, -0.05) is 23.7 Å². The number of nitrogens with one attached hydrogen (secondary N) is 3. The Bertz CT molecular complexity index is 2760. The molecule has 1 aliphatic carbocycles. The number of ether oxygens (including phenoxy) is 1. The standard InChI is InChI=1S/C46H54ClF2N11O5/c1-45(2,64)34-23-60(19-18-59(34)22-25-14-16-58(17-15-25)33-7-5-6-28-36(55-57(4)38(28)33)29-11-13-35(61)52-42(29)62)44-50-21-31(47)41(54-44)51-27-10-12-32-30(20-27)37-39(43(63)56(32)3)65-24-46(48,49)40(53-37)26-8-9-26/h5-7,10,12,20-21,25-26,29,34,40,53,64H,8-9,11,13-19,22-24H2,1-4H3,(H,50,51,54)(H,52,61,62). The molecular weight excluding hydrogens is 860 g/mol. The van der Waals surface area contributed by atoms with Crippen LogP contribution in [0.15, 0.2) is 47.4 Å². The number of alkyl halides is 2. The third kappa shape index (κ3) is 8.11. The minimum atomic E-state index is -3.15. The smallest absolute Gasteiger partial charge is 0.301 e. The Hall–Kier alpha value is -5.59. The van der Waals surface area contributed by atoms with Gasteiger partial charge in [0, 0.05) is 76.2 Å². The lowest BCUT2D eigenvalue weighted by atomic mass is 9.90. The van der Waals surface area contributed by atoms with Gasteiger partial charge < -0.3 is 34.8 Å². The van der Waals surface area contributed by atoms with E-state index >= 15 is 8.78 Å². The highest BCUT2D eigenvalue weighted by molar-refractivity contribution is 6.33. The predicted octanol–water partition coefficient (Wildman–Crippen LogP) is 5.53. The van der Waals surface area contributed by atoms with E-state index in [0.717, 1.165) is 49.1 Å². The molecule has 5 aromatic rings. The van der Waals surface area contributed by atoms with Gasteiger partial charge in [0.2, 0.25) is 23.5 Å². The molecule has 7 heterocycles. The molecule has 4 N–H and O–H groups in total. The maximum absolute atomic E-state index is 15.2. The average molecular weight is 914 g/mol. The third-order valence-electron chi connectivity index (χ3n) is 14.1. The molecule has 4 aliphatic heterocycles. The summed E-state index contributed by atoms with van der Waals surface area (Å²) in [5, 5.41) is 26.9. The Morgan fingerprint density at radius 2 is 1.78 bits per heavy atom. The monoisotopic (exact) mass is 913 g/mol. The second kappa shape index (κ2) is 16.4. The number of piperazine rings is 1. The lowest BCUT2D eigenvalue weighted by molar-refractivity contribution is -0.134. The summed E-state index contributed by atoms with van der Waals surface area (Å²) < 4.78 is 39.3. The number of nitrogens with zero attached hydrogens (tertiary/aromatic N) is 8. The number of hydrogen-bond acceptors (Lipinski definition) is 13. The van der Waals surface area contributed by atoms with Crippen molar-refractivity contribution < 1.29 is 28.2 Å². The molecule has 3 atom stereocenters. The molecule has 2 amide bonds. The molecule has 1 saturated carbocycles.